The van der Waals surface area contributed by atoms with Gasteiger partial charge in [-0.25, -0.2) is 9.48 Å². The van der Waals surface area contributed by atoms with E-state index in [9.17, 15) is 9.90 Å². The second kappa shape index (κ2) is 4.76. The van der Waals surface area contributed by atoms with Gasteiger partial charge >= 0.3 is 5.97 Å². The van der Waals surface area contributed by atoms with Gasteiger partial charge in [-0.2, -0.15) is 0 Å². The molecule has 0 bridgehead atoms. The van der Waals surface area contributed by atoms with Gasteiger partial charge in [0.05, 0.1) is 5.56 Å². The monoisotopic (exact) mass is 247 g/mol. The standard InChI is InChI=1S/C13H17N3O2/c1-8(2)9(3)7-16-12-10(13(17)18)5-4-6-11(12)14-15-16/h4-6,8-9H,7H2,1-3H3,(H,17,18). The Balaban J connectivity index is 2.49. The van der Waals surface area contributed by atoms with Crippen molar-refractivity contribution in [2.45, 2.75) is 27.3 Å². The van der Waals surface area contributed by atoms with E-state index in [0.29, 0.717) is 29.4 Å². The van der Waals surface area contributed by atoms with Gasteiger partial charge in [0.25, 0.3) is 0 Å². The molecule has 2 aromatic rings. The summed E-state index contributed by atoms with van der Waals surface area (Å²) in [4.78, 5) is 11.2. The van der Waals surface area contributed by atoms with Crippen LogP contribution >= 0.6 is 0 Å². The van der Waals surface area contributed by atoms with Crippen LogP contribution in [0.3, 0.4) is 0 Å². The molecule has 0 saturated carbocycles. The summed E-state index contributed by atoms with van der Waals surface area (Å²) in [6.45, 7) is 7.09. The first-order valence-electron chi connectivity index (χ1n) is 6.06. The molecule has 18 heavy (non-hydrogen) atoms. The molecule has 1 atom stereocenters. The Kier molecular flexibility index (Phi) is 3.32. The van der Waals surface area contributed by atoms with E-state index in [1.807, 2.05) is 0 Å². The van der Waals surface area contributed by atoms with Crippen LogP contribution in [-0.4, -0.2) is 26.1 Å². The first-order valence-corrected chi connectivity index (χ1v) is 6.06. The van der Waals surface area contributed by atoms with Crippen LogP contribution in [0, 0.1) is 11.8 Å². The minimum Gasteiger partial charge on any atom is -0.478 e. The van der Waals surface area contributed by atoms with E-state index in [0.717, 1.165) is 0 Å². The molecule has 1 heterocycles. The molecule has 1 aromatic carbocycles. The van der Waals surface area contributed by atoms with Gasteiger partial charge in [0.2, 0.25) is 0 Å². The highest BCUT2D eigenvalue weighted by molar-refractivity contribution is 6.00. The second-order valence-electron chi connectivity index (χ2n) is 4.97. The van der Waals surface area contributed by atoms with Crippen molar-refractivity contribution < 1.29 is 9.90 Å². The molecule has 96 valence electrons. The lowest BCUT2D eigenvalue weighted by atomic mass is 9.98. The predicted octanol–water partition coefficient (Wildman–Crippen LogP) is 2.42. The lowest BCUT2D eigenvalue weighted by Gasteiger charge is -2.15. The average Bonchev–Trinajstić information content (AvgIpc) is 2.72. The Morgan fingerprint density at radius 3 is 2.72 bits per heavy atom. The maximum atomic E-state index is 11.2. The Bertz CT molecular complexity index is 575. The number of aromatic nitrogens is 3. The second-order valence-corrected chi connectivity index (χ2v) is 4.97. The van der Waals surface area contributed by atoms with Crippen molar-refractivity contribution in [3.8, 4) is 0 Å². The van der Waals surface area contributed by atoms with Crippen molar-refractivity contribution in [3.05, 3.63) is 23.8 Å². The van der Waals surface area contributed by atoms with Crippen molar-refractivity contribution >= 4 is 17.0 Å². The zero-order chi connectivity index (χ0) is 13.3. The molecule has 0 spiro atoms. The SMILES string of the molecule is CC(C)C(C)Cn1nnc2cccc(C(=O)O)c21. The number of para-hydroxylation sites is 1. The number of rotatable bonds is 4. The van der Waals surface area contributed by atoms with Crippen LogP contribution in [0.1, 0.15) is 31.1 Å². The Labute approximate surface area is 105 Å². The molecule has 0 fully saturated rings. The number of hydrogen-bond donors (Lipinski definition) is 1. The normalized spacial score (nSPS) is 13.1. The largest absolute Gasteiger partial charge is 0.478 e. The van der Waals surface area contributed by atoms with Gasteiger partial charge < -0.3 is 5.11 Å². The number of aromatic carboxylic acids is 1. The molecule has 0 aliphatic rings. The van der Waals surface area contributed by atoms with E-state index >= 15 is 0 Å². The summed E-state index contributed by atoms with van der Waals surface area (Å²) in [5.41, 5.74) is 1.50. The van der Waals surface area contributed by atoms with Crippen molar-refractivity contribution in [2.24, 2.45) is 11.8 Å². The van der Waals surface area contributed by atoms with Crippen molar-refractivity contribution in [3.63, 3.8) is 0 Å². The molecule has 0 aliphatic carbocycles. The third-order valence-corrected chi connectivity index (χ3v) is 3.36. The molecule has 0 aliphatic heterocycles. The number of carboxylic acids is 1. The van der Waals surface area contributed by atoms with E-state index in [1.165, 1.54) is 0 Å². The van der Waals surface area contributed by atoms with Crippen LogP contribution < -0.4 is 0 Å². The highest BCUT2D eigenvalue weighted by Crippen LogP contribution is 2.19. The molecule has 1 aromatic heterocycles. The molecule has 5 nitrogen and oxygen atoms in total. The molecule has 1 N–H and O–H groups in total. The predicted molar refractivity (Wildman–Crippen MR) is 68.5 cm³/mol. The fourth-order valence-corrected chi connectivity index (χ4v) is 1.81. The first kappa shape index (κ1) is 12.5. The summed E-state index contributed by atoms with van der Waals surface area (Å²) in [7, 11) is 0. The van der Waals surface area contributed by atoms with Crippen molar-refractivity contribution in [2.75, 3.05) is 0 Å². The van der Waals surface area contributed by atoms with Gasteiger partial charge in [-0.05, 0) is 24.0 Å². The third-order valence-electron chi connectivity index (χ3n) is 3.36. The lowest BCUT2D eigenvalue weighted by Crippen LogP contribution is -2.15. The molecule has 1 unspecified atom stereocenters. The number of hydrogen-bond acceptors (Lipinski definition) is 3. The first-order chi connectivity index (χ1) is 8.50. The van der Waals surface area contributed by atoms with Gasteiger partial charge in [-0.15, -0.1) is 5.10 Å². The number of carbonyl (C=O) groups is 1. The summed E-state index contributed by atoms with van der Waals surface area (Å²) in [5.74, 6) is -0.0145. The number of nitrogens with zero attached hydrogens (tertiary/aromatic N) is 3. The van der Waals surface area contributed by atoms with E-state index in [-0.39, 0.29) is 5.56 Å². The fourth-order valence-electron chi connectivity index (χ4n) is 1.81. The number of carboxylic acid groups (broad SMARTS) is 1. The molecule has 0 radical (unpaired) electrons. The molecular formula is C13H17N3O2. The van der Waals surface area contributed by atoms with Crippen molar-refractivity contribution in [1.29, 1.82) is 0 Å². The van der Waals surface area contributed by atoms with Gasteiger partial charge in [0.15, 0.2) is 0 Å². The smallest absolute Gasteiger partial charge is 0.337 e. The highest BCUT2D eigenvalue weighted by atomic mass is 16.4. The Hall–Kier alpha value is -1.91. The zero-order valence-electron chi connectivity index (χ0n) is 10.8. The third kappa shape index (κ3) is 2.20. The summed E-state index contributed by atoms with van der Waals surface area (Å²) < 4.78 is 1.70. The van der Waals surface area contributed by atoms with Crippen LogP contribution in [0.15, 0.2) is 18.2 Å². The van der Waals surface area contributed by atoms with Crippen LogP contribution in [0.2, 0.25) is 0 Å². The summed E-state index contributed by atoms with van der Waals surface area (Å²) in [5, 5.41) is 17.3. The average molecular weight is 247 g/mol. The van der Waals surface area contributed by atoms with Crippen LogP contribution in [0.25, 0.3) is 11.0 Å². The highest BCUT2D eigenvalue weighted by Gasteiger charge is 2.17. The van der Waals surface area contributed by atoms with Crippen LogP contribution in [-0.2, 0) is 6.54 Å². The zero-order valence-corrected chi connectivity index (χ0v) is 10.8. The topological polar surface area (TPSA) is 68.0 Å². The van der Waals surface area contributed by atoms with Crippen LogP contribution in [0.5, 0.6) is 0 Å². The molecule has 5 heteroatoms. The van der Waals surface area contributed by atoms with Crippen LogP contribution in [0.4, 0.5) is 0 Å². The van der Waals surface area contributed by atoms with E-state index in [1.54, 1.807) is 22.9 Å². The molecule has 0 amide bonds. The summed E-state index contributed by atoms with van der Waals surface area (Å²) >= 11 is 0. The van der Waals surface area contributed by atoms with Gasteiger partial charge in [-0.3, -0.25) is 0 Å². The number of benzene rings is 1. The Morgan fingerprint density at radius 2 is 2.11 bits per heavy atom. The minimum atomic E-state index is -0.943. The lowest BCUT2D eigenvalue weighted by molar-refractivity contribution is 0.0698. The summed E-state index contributed by atoms with van der Waals surface area (Å²) in [6, 6.07) is 5.06. The van der Waals surface area contributed by atoms with E-state index in [2.05, 4.69) is 31.1 Å². The van der Waals surface area contributed by atoms with E-state index in [4.69, 9.17) is 0 Å². The fraction of sp³-hybridized carbons (Fsp3) is 0.462. The minimum absolute atomic E-state index is 0.258. The molecular weight excluding hydrogens is 230 g/mol. The maximum Gasteiger partial charge on any atom is 0.337 e. The quantitative estimate of drug-likeness (QED) is 0.900. The van der Waals surface area contributed by atoms with Crippen molar-refractivity contribution in [1.82, 2.24) is 15.0 Å². The van der Waals surface area contributed by atoms with Gasteiger partial charge in [0.1, 0.15) is 11.0 Å². The summed E-state index contributed by atoms with van der Waals surface area (Å²) in [6.07, 6.45) is 0. The Morgan fingerprint density at radius 1 is 1.39 bits per heavy atom. The molecule has 2 rings (SSSR count). The van der Waals surface area contributed by atoms with Gasteiger partial charge in [0, 0.05) is 6.54 Å². The number of fused-ring (bicyclic) bond motifs is 1. The maximum absolute atomic E-state index is 11.2. The molecule has 0 saturated heterocycles. The van der Waals surface area contributed by atoms with E-state index < -0.39 is 5.97 Å². The van der Waals surface area contributed by atoms with Gasteiger partial charge in [-0.1, -0.05) is 32.1 Å².